The van der Waals surface area contributed by atoms with Crippen molar-refractivity contribution in [2.45, 2.75) is 51.2 Å². The first kappa shape index (κ1) is 27.3. The van der Waals surface area contributed by atoms with E-state index in [4.69, 9.17) is 4.98 Å². The second-order valence-corrected chi connectivity index (χ2v) is 11.9. The summed E-state index contributed by atoms with van der Waals surface area (Å²) in [6.07, 6.45) is 5.51. The molecule has 1 saturated heterocycles. The van der Waals surface area contributed by atoms with Gasteiger partial charge in [-0.05, 0) is 42.3 Å². The van der Waals surface area contributed by atoms with Crippen LogP contribution in [0.1, 0.15) is 37.6 Å². The summed E-state index contributed by atoms with van der Waals surface area (Å²) in [6, 6.07) is 9.30. The van der Waals surface area contributed by atoms with Crippen molar-refractivity contribution >= 4 is 22.5 Å². The normalized spacial score (nSPS) is 20.5. The lowest BCUT2D eigenvalue weighted by molar-refractivity contribution is -0.120. The van der Waals surface area contributed by atoms with E-state index < -0.39 is 11.6 Å². The van der Waals surface area contributed by atoms with Crippen molar-refractivity contribution < 1.29 is 18.7 Å². The number of rotatable bonds is 6. The number of nitrogens with one attached hydrogen (secondary N) is 1. The third-order valence-electron chi connectivity index (χ3n) is 8.22. The Morgan fingerprint density at radius 3 is 2.80 bits per heavy atom. The van der Waals surface area contributed by atoms with Crippen LogP contribution in [0.3, 0.4) is 0 Å². The van der Waals surface area contributed by atoms with Crippen molar-refractivity contribution in [3.63, 3.8) is 0 Å². The van der Waals surface area contributed by atoms with Crippen molar-refractivity contribution in [2.75, 3.05) is 31.1 Å². The van der Waals surface area contributed by atoms with Gasteiger partial charge in [0.1, 0.15) is 11.6 Å². The van der Waals surface area contributed by atoms with Gasteiger partial charge in [0.25, 0.3) is 0 Å². The largest absolute Gasteiger partial charge is 0.494 e. The van der Waals surface area contributed by atoms with E-state index in [1.165, 1.54) is 12.1 Å². The summed E-state index contributed by atoms with van der Waals surface area (Å²) in [5.41, 5.74) is 3.07. The number of aromatic hydroxyl groups is 1. The molecule has 8 nitrogen and oxygen atoms in total. The van der Waals surface area contributed by atoms with Crippen molar-refractivity contribution in [1.82, 2.24) is 24.8 Å². The molecule has 1 aromatic carbocycles. The van der Waals surface area contributed by atoms with Gasteiger partial charge in [0, 0.05) is 74.8 Å². The number of hydrogen-bond acceptors (Lipinski definition) is 6. The maximum Gasteiger partial charge on any atom is 0.241 e. The van der Waals surface area contributed by atoms with Crippen LogP contribution in [-0.4, -0.2) is 68.7 Å². The van der Waals surface area contributed by atoms with Crippen LogP contribution in [0, 0.1) is 11.6 Å². The molecule has 0 radical (unpaired) electrons. The molecule has 2 atom stereocenters. The predicted molar refractivity (Wildman–Crippen MR) is 153 cm³/mol. The molecule has 214 valence electrons. The molecule has 3 aromatic heterocycles. The average molecular weight is 561 g/mol. The Labute approximate surface area is 237 Å². The topological polar surface area (TPSA) is 86.5 Å². The van der Waals surface area contributed by atoms with Crippen LogP contribution in [0.4, 0.5) is 14.5 Å². The van der Waals surface area contributed by atoms with Gasteiger partial charge in [0.05, 0.1) is 28.8 Å². The highest BCUT2D eigenvalue weighted by Gasteiger charge is 2.40. The third kappa shape index (κ3) is 5.29. The molecular formula is C31H34F2N6O2. The van der Waals surface area contributed by atoms with Gasteiger partial charge in [-0.25, -0.2) is 8.78 Å². The zero-order valence-corrected chi connectivity index (χ0v) is 23.4. The molecule has 0 unspecified atom stereocenters. The number of carbonyl (C=O) groups is 1. The number of halogens is 2. The monoisotopic (exact) mass is 560 g/mol. The average Bonchev–Trinajstić information content (AvgIpc) is 3.39. The SMILES string of the molecule is C[C@@H]1CN(CC(=O)N2CC(C)(C)c3ncc(Cc4ccc(F)cc4F)cc32)[C@@H](Cn2cc3ncccc3c2O)CN1. The van der Waals surface area contributed by atoms with Gasteiger partial charge in [-0.2, -0.15) is 0 Å². The van der Waals surface area contributed by atoms with Crippen molar-refractivity contribution in [3.8, 4) is 5.88 Å². The van der Waals surface area contributed by atoms with Crippen molar-refractivity contribution in [2.24, 2.45) is 0 Å². The van der Waals surface area contributed by atoms with Gasteiger partial charge in [-0.15, -0.1) is 0 Å². The zero-order valence-electron chi connectivity index (χ0n) is 23.4. The Balaban J connectivity index is 1.23. The molecule has 1 fully saturated rings. The highest BCUT2D eigenvalue weighted by atomic mass is 19.1. The number of aromatic nitrogens is 3. The minimum atomic E-state index is -0.616. The number of fused-ring (bicyclic) bond motifs is 2. The molecule has 0 bridgehead atoms. The number of benzene rings is 1. The molecule has 0 saturated carbocycles. The van der Waals surface area contributed by atoms with Gasteiger partial charge in [-0.3, -0.25) is 19.7 Å². The molecule has 2 aliphatic heterocycles. The summed E-state index contributed by atoms with van der Waals surface area (Å²) in [6.45, 7) is 8.79. The number of carbonyl (C=O) groups excluding carboxylic acids is 1. The highest BCUT2D eigenvalue weighted by Crippen LogP contribution is 2.40. The predicted octanol–water partition coefficient (Wildman–Crippen LogP) is 3.99. The maximum atomic E-state index is 14.4. The van der Waals surface area contributed by atoms with Gasteiger partial charge >= 0.3 is 0 Å². The summed E-state index contributed by atoms with van der Waals surface area (Å²) < 4.78 is 29.6. The number of anilines is 1. The van der Waals surface area contributed by atoms with Crippen LogP contribution in [0.5, 0.6) is 5.88 Å². The molecule has 2 aliphatic rings. The standard InChI is InChI=1S/C31H34F2N6O2/c1-19-14-37(23(13-35-19)15-38-16-26-24(30(38)41)5-4-8-34-26)17-28(40)39-18-31(2,3)29-27(39)10-20(12-36-29)9-21-6-7-22(32)11-25(21)33/h4-8,10-12,16,19,23,35,41H,9,13-15,17-18H2,1-3H3/t19-,23-/m1/s1. The van der Waals surface area contributed by atoms with Crippen LogP contribution in [0.25, 0.3) is 10.9 Å². The molecule has 0 spiro atoms. The lowest BCUT2D eigenvalue weighted by Crippen LogP contribution is -2.59. The van der Waals surface area contributed by atoms with Gasteiger partial charge < -0.3 is 19.9 Å². The molecule has 1 amide bonds. The minimum Gasteiger partial charge on any atom is -0.494 e. The Kier molecular flexibility index (Phi) is 6.99. The van der Waals surface area contributed by atoms with Crippen LogP contribution in [0.15, 0.2) is 55.0 Å². The van der Waals surface area contributed by atoms with E-state index in [2.05, 4.69) is 36.0 Å². The molecule has 2 N–H and O–H groups in total. The first-order chi connectivity index (χ1) is 19.6. The highest BCUT2D eigenvalue weighted by molar-refractivity contribution is 5.97. The quantitative estimate of drug-likeness (QED) is 0.371. The molecule has 41 heavy (non-hydrogen) atoms. The number of hydrogen-bond donors (Lipinski definition) is 2. The van der Waals surface area contributed by atoms with Crippen molar-refractivity contribution in [1.29, 1.82) is 0 Å². The van der Waals surface area contributed by atoms with Crippen LogP contribution >= 0.6 is 0 Å². The van der Waals surface area contributed by atoms with E-state index in [-0.39, 0.29) is 42.3 Å². The summed E-state index contributed by atoms with van der Waals surface area (Å²) in [4.78, 5) is 26.9. The van der Waals surface area contributed by atoms with E-state index in [9.17, 15) is 18.7 Å². The van der Waals surface area contributed by atoms with Crippen LogP contribution in [-0.2, 0) is 23.2 Å². The molecule has 6 rings (SSSR count). The number of piperazine rings is 1. The molecule has 0 aliphatic carbocycles. The number of amides is 1. The van der Waals surface area contributed by atoms with Crippen molar-refractivity contribution in [3.05, 3.63) is 83.4 Å². The zero-order chi connectivity index (χ0) is 28.9. The second kappa shape index (κ2) is 10.5. The Bertz CT molecular complexity index is 1620. The number of pyridine rings is 2. The summed E-state index contributed by atoms with van der Waals surface area (Å²) in [5, 5.41) is 15.0. The van der Waals surface area contributed by atoms with E-state index in [0.717, 1.165) is 28.5 Å². The molecule has 10 heteroatoms. The summed E-state index contributed by atoms with van der Waals surface area (Å²) in [7, 11) is 0. The first-order valence-electron chi connectivity index (χ1n) is 13.9. The lowest BCUT2D eigenvalue weighted by atomic mass is 9.91. The van der Waals surface area contributed by atoms with Crippen LogP contribution < -0.4 is 10.2 Å². The molecular weight excluding hydrogens is 526 g/mol. The summed E-state index contributed by atoms with van der Waals surface area (Å²) in [5.74, 6) is -1.08. The second-order valence-electron chi connectivity index (χ2n) is 11.9. The maximum absolute atomic E-state index is 14.4. The first-order valence-corrected chi connectivity index (χ1v) is 13.9. The van der Waals surface area contributed by atoms with Gasteiger partial charge in [0.2, 0.25) is 11.8 Å². The molecule has 5 heterocycles. The van der Waals surface area contributed by atoms with E-state index in [0.29, 0.717) is 37.1 Å². The summed E-state index contributed by atoms with van der Waals surface area (Å²) >= 11 is 0. The van der Waals surface area contributed by atoms with E-state index in [1.54, 1.807) is 27.9 Å². The Hall–Kier alpha value is -3.89. The fourth-order valence-corrected chi connectivity index (χ4v) is 6.09. The Morgan fingerprint density at radius 2 is 2.02 bits per heavy atom. The fourth-order valence-electron chi connectivity index (χ4n) is 6.09. The van der Waals surface area contributed by atoms with E-state index in [1.807, 2.05) is 18.3 Å². The molecule has 4 aromatic rings. The number of nitrogens with zero attached hydrogens (tertiary/aromatic N) is 5. The smallest absolute Gasteiger partial charge is 0.241 e. The van der Waals surface area contributed by atoms with E-state index >= 15 is 0 Å². The third-order valence-corrected chi connectivity index (χ3v) is 8.22. The minimum absolute atomic E-state index is 0.0242. The van der Waals surface area contributed by atoms with Gasteiger partial charge in [-0.1, -0.05) is 19.9 Å². The van der Waals surface area contributed by atoms with Gasteiger partial charge in [0.15, 0.2) is 0 Å². The Morgan fingerprint density at radius 1 is 1.20 bits per heavy atom. The van der Waals surface area contributed by atoms with Crippen LogP contribution in [0.2, 0.25) is 0 Å². The lowest BCUT2D eigenvalue weighted by Gasteiger charge is -2.39. The fraction of sp³-hybridized carbons (Fsp3) is 0.387.